The van der Waals surface area contributed by atoms with E-state index in [0.717, 1.165) is 22.1 Å². The lowest BCUT2D eigenvalue weighted by molar-refractivity contribution is -0.172. The monoisotopic (exact) mass is 451 g/mol. The van der Waals surface area contributed by atoms with E-state index in [-0.39, 0.29) is 48.0 Å². The second kappa shape index (κ2) is 6.61. The fraction of sp³-hybridized carbons (Fsp3) is 0.375. The molecular formula is C24H22FN3O5. The van der Waals surface area contributed by atoms with Gasteiger partial charge in [0.25, 0.3) is 5.56 Å². The van der Waals surface area contributed by atoms with Crippen LogP contribution in [0.2, 0.25) is 0 Å². The maximum absolute atomic E-state index is 14.8. The molecular weight excluding hydrogens is 429 g/mol. The Bertz CT molecular complexity index is 1460. The quantitative estimate of drug-likeness (QED) is 0.449. The molecule has 2 atom stereocenters. The number of pyridine rings is 2. The minimum Gasteiger partial charge on any atom is -0.493 e. The van der Waals surface area contributed by atoms with E-state index in [1.165, 1.54) is 13.2 Å². The third-order valence-electron chi connectivity index (χ3n) is 7.31. The zero-order valence-electron chi connectivity index (χ0n) is 18.2. The van der Waals surface area contributed by atoms with E-state index in [1.54, 1.807) is 17.6 Å². The number of esters is 1. The highest BCUT2D eigenvalue weighted by atomic mass is 19.1. The molecule has 3 aromatic rings. The number of methoxy groups -OCH3 is 1. The number of cyclic esters (lactones) is 1. The number of rotatable bonds is 2. The Kier molecular flexibility index (Phi) is 4.07. The van der Waals surface area contributed by atoms with Crippen LogP contribution < -0.4 is 16.0 Å². The van der Waals surface area contributed by atoms with E-state index in [0.29, 0.717) is 29.7 Å². The van der Waals surface area contributed by atoms with Crippen LogP contribution in [0.1, 0.15) is 53.6 Å². The number of nitrogens with two attached hydrogens (primary N) is 1. The van der Waals surface area contributed by atoms with E-state index in [1.807, 2.05) is 0 Å². The van der Waals surface area contributed by atoms with Crippen molar-refractivity contribution < 1.29 is 23.8 Å². The molecule has 0 radical (unpaired) electrons. The van der Waals surface area contributed by atoms with Crippen molar-refractivity contribution in [3.05, 3.63) is 56.1 Å². The molecule has 1 aromatic carbocycles. The van der Waals surface area contributed by atoms with Gasteiger partial charge >= 0.3 is 5.97 Å². The molecule has 0 unspecified atom stereocenters. The normalized spacial score (nSPS) is 22.6. The van der Waals surface area contributed by atoms with Gasteiger partial charge < -0.3 is 24.9 Å². The first-order valence-electron chi connectivity index (χ1n) is 10.9. The average molecular weight is 451 g/mol. The molecule has 0 saturated heterocycles. The number of halogens is 1. The molecule has 3 aliphatic rings. The van der Waals surface area contributed by atoms with E-state index in [9.17, 15) is 19.1 Å². The van der Waals surface area contributed by atoms with Crippen LogP contribution in [0.5, 0.6) is 5.75 Å². The van der Waals surface area contributed by atoms with E-state index < -0.39 is 17.4 Å². The maximum atomic E-state index is 14.8. The smallest absolute Gasteiger partial charge is 0.343 e. The zero-order chi connectivity index (χ0) is 23.2. The molecule has 3 N–H and O–H groups in total. The summed E-state index contributed by atoms with van der Waals surface area (Å²) in [6.45, 7) is 1.71. The summed E-state index contributed by atoms with van der Waals surface area (Å²) in [6.07, 6.45) is 1.23. The van der Waals surface area contributed by atoms with E-state index >= 15 is 0 Å². The zero-order valence-corrected chi connectivity index (χ0v) is 18.2. The summed E-state index contributed by atoms with van der Waals surface area (Å²) in [5.74, 6) is -1.08. The van der Waals surface area contributed by atoms with Crippen LogP contribution in [0.4, 0.5) is 4.39 Å². The Labute approximate surface area is 187 Å². The fourth-order valence-electron chi connectivity index (χ4n) is 5.62. The van der Waals surface area contributed by atoms with Gasteiger partial charge in [0.1, 0.15) is 6.61 Å². The number of hydrogen-bond donors (Lipinski definition) is 2. The van der Waals surface area contributed by atoms with Crippen molar-refractivity contribution in [3.8, 4) is 17.1 Å². The Morgan fingerprint density at radius 1 is 1.33 bits per heavy atom. The Morgan fingerprint density at radius 3 is 2.85 bits per heavy atom. The first kappa shape index (κ1) is 20.3. The summed E-state index contributed by atoms with van der Waals surface area (Å²) in [6, 6.07) is 2.68. The lowest BCUT2D eigenvalue weighted by Gasteiger charge is -2.31. The van der Waals surface area contributed by atoms with Crippen molar-refractivity contribution in [2.75, 3.05) is 7.11 Å². The number of ether oxygens (including phenoxy) is 2. The molecule has 2 aromatic heterocycles. The molecule has 2 aliphatic heterocycles. The number of hydrogen-bond acceptors (Lipinski definition) is 7. The molecule has 9 heteroatoms. The average Bonchev–Trinajstić information content (AvgIpc) is 3.17. The van der Waals surface area contributed by atoms with Crippen molar-refractivity contribution in [1.82, 2.24) is 9.55 Å². The predicted octanol–water partition coefficient (Wildman–Crippen LogP) is 2.17. The van der Waals surface area contributed by atoms with Crippen molar-refractivity contribution >= 4 is 16.9 Å². The van der Waals surface area contributed by atoms with Gasteiger partial charge in [-0.25, -0.2) is 14.2 Å². The first-order valence-corrected chi connectivity index (χ1v) is 10.9. The van der Waals surface area contributed by atoms with Crippen LogP contribution in [-0.2, 0) is 34.7 Å². The van der Waals surface area contributed by atoms with Crippen molar-refractivity contribution in [1.29, 1.82) is 0 Å². The first-order chi connectivity index (χ1) is 15.8. The third-order valence-corrected chi connectivity index (χ3v) is 7.31. The van der Waals surface area contributed by atoms with Crippen LogP contribution in [0.3, 0.4) is 0 Å². The molecule has 4 heterocycles. The largest absolute Gasteiger partial charge is 0.493 e. The van der Waals surface area contributed by atoms with Crippen molar-refractivity contribution in [2.24, 2.45) is 5.73 Å². The fourth-order valence-corrected chi connectivity index (χ4v) is 5.62. The second-order valence-corrected chi connectivity index (χ2v) is 8.87. The van der Waals surface area contributed by atoms with Gasteiger partial charge in [-0.15, -0.1) is 0 Å². The molecule has 0 spiro atoms. The van der Waals surface area contributed by atoms with Gasteiger partial charge in [-0.2, -0.15) is 0 Å². The maximum Gasteiger partial charge on any atom is 0.343 e. The van der Waals surface area contributed by atoms with Gasteiger partial charge in [-0.1, -0.05) is 6.92 Å². The lowest BCUT2D eigenvalue weighted by atomic mass is 9.83. The molecule has 6 rings (SSSR count). The van der Waals surface area contributed by atoms with Crippen LogP contribution >= 0.6 is 0 Å². The number of aliphatic hydroxyl groups is 1. The molecule has 33 heavy (non-hydrogen) atoms. The number of aryl methyl sites for hydroxylation is 1. The third kappa shape index (κ3) is 2.43. The van der Waals surface area contributed by atoms with Gasteiger partial charge in [0.05, 0.1) is 36.1 Å². The van der Waals surface area contributed by atoms with Crippen LogP contribution in [-0.4, -0.2) is 27.7 Å². The van der Waals surface area contributed by atoms with Crippen LogP contribution in [0.25, 0.3) is 22.3 Å². The number of aromatic nitrogens is 2. The van der Waals surface area contributed by atoms with Crippen molar-refractivity contribution in [3.63, 3.8) is 0 Å². The standard InChI is InChI=1S/C24H22FN3O5/c1-3-24(31)13-6-17-20-11(8-28(17)22(29)12(13)9-33-23(24)30)18-15(26)5-4-10-19(18)16(27-20)7-14(25)21(10)32-2/h6-7,15,31H,3-5,8-9,26H2,1-2H3/t15-,24+/m1/s1. The summed E-state index contributed by atoms with van der Waals surface area (Å²) in [7, 11) is 1.44. The Hall–Kier alpha value is -3.30. The Balaban J connectivity index is 1.69. The van der Waals surface area contributed by atoms with Gasteiger partial charge in [0.2, 0.25) is 0 Å². The highest BCUT2D eigenvalue weighted by Gasteiger charge is 2.45. The highest BCUT2D eigenvalue weighted by molar-refractivity contribution is 5.94. The Morgan fingerprint density at radius 2 is 2.12 bits per heavy atom. The SMILES string of the molecule is CC[C@@]1(O)C(=O)OCc2c1cc1n(c2=O)Cc2c-1nc1cc(F)c(OC)c3c1c2[C@H](N)CC3. The van der Waals surface area contributed by atoms with Crippen molar-refractivity contribution in [2.45, 2.75) is 51.0 Å². The van der Waals surface area contributed by atoms with Gasteiger partial charge in [-0.3, -0.25) is 4.79 Å². The molecule has 0 amide bonds. The molecule has 0 bridgehead atoms. The van der Waals surface area contributed by atoms with Gasteiger partial charge in [-0.05, 0) is 30.9 Å². The minimum absolute atomic E-state index is 0.0597. The summed E-state index contributed by atoms with van der Waals surface area (Å²) in [5, 5.41) is 11.8. The molecule has 1 aliphatic carbocycles. The number of carbonyl (C=O) groups excluding carboxylic acids is 1. The second-order valence-electron chi connectivity index (χ2n) is 8.87. The topological polar surface area (TPSA) is 117 Å². The summed E-state index contributed by atoms with van der Waals surface area (Å²) in [4.78, 5) is 30.5. The minimum atomic E-state index is -1.90. The molecule has 8 nitrogen and oxygen atoms in total. The van der Waals surface area contributed by atoms with Gasteiger partial charge in [0.15, 0.2) is 17.2 Å². The van der Waals surface area contributed by atoms with Crippen LogP contribution in [0.15, 0.2) is 16.9 Å². The van der Waals surface area contributed by atoms with Crippen LogP contribution in [0, 0.1) is 5.82 Å². The highest BCUT2D eigenvalue weighted by Crippen LogP contribution is 2.46. The number of nitrogens with zero attached hydrogens (tertiary/aromatic N) is 2. The summed E-state index contributed by atoms with van der Waals surface area (Å²) >= 11 is 0. The lowest BCUT2D eigenvalue weighted by Crippen LogP contribution is -2.44. The summed E-state index contributed by atoms with van der Waals surface area (Å²) in [5.41, 5.74) is 8.60. The number of carbonyl (C=O) groups is 1. The molecule has 0 saturated carbocycles. The molecule has 0 fully saturated rings. The van der Waals surface area contributed by atoms with Gasteiger partial charge in [0, 0.05) is 34.2 Å². The number of fused-ring (bicyclic) bond motifs is 5. The number of benzene rings is 1. The molecule has 170 valence electrons. The van der Waals surface area contributed by atoms with E-state index in [2.05, 4.69) is 0 Å². The van der Waals surface area contributed by atoms with E-state index in [4.69, 9.17) is 20.2 Å². The summed E-state index contributed by atoms with van der Waals surface area (Å²) < 4.78 is 26.8. The predicted molar refractivity (Wildman–Crippen MR) is 116 cm³/mol.